The highest BCUT2D eigenvalue weighted by Crippen LogP contribution is 2.22. The summed E-state index contributed by atoms with van der Waals surface area (Å²) in [5, 5.41) is 6.07. The van der Waals surface area contributed by atoms with Crippen LogP contribution in [0.1, 0.15) is 32.9 Å². The van der Waals surface area contributed by atoms with Crippen molar-refractivity contribution in [3.05, 3.63) is 11.1 Å². The van der Waals surface area contributed by atoms with Gasteiger partial charge in [-0.05, 0) is 20.3 Å². The predicted molar refractivity (Wildman–Crippen MR) is 65.8 cm³/mol. The zero-order chi connectivity index (χ0) is 12.2. The molecule has 0 atom stereocenters. The number of ether oxygens (including phenoxy) is 1. The largest absolute Gasteiger partial charge is 0.469 e. The molecule has 1 N–H and O–H groups in total. The van der Waals surface area contributed by atoms with Crippen molar-refractivity contribution < 1.29 is 9.53 Å². The van der Waals surface area contributed by atoms with Crippen molar-refractivity contribution >= 4 is 22.4 Å². The smallest absolute Gasteiger partial charge is 0.311 e. The number of methoxy groups -OCH3 is 1. The molecular weight excluding hydrogens is 224 g/mol. The first-order chi connectivity index (χ1) is 7.46. The Morgan fingerprint density at radius 2 is 2.31 bits per heavy atom. The SMILES string of the molecule is CCC(C)(C)Nc1nc(CC(=O)OC)cs1. The lowest BCUT2D eigenvalue weighted by molar-refractivity contribution is -0.139. The maximum atomic E-state index is 11.1. The van der Waals surface area contributed by atoms with Gasteiger partial charge in [0.25, 0.3) is 0 Å². The molecule has 0 saturated carbocycles. The van der Waals surface area contributed by atoms with Crippen molar-refractivity contribution in [1.29, 1.82) is 0 Å². The molecule has 0 saturated heterocycles. The van der Waals surface area contributed by atoms with Crippen molar-refractivity contribution in [3.8, 4) is 0 Å². The summed E-state index contributed by atoms with van der Waals surface area (Å²) in [5.74, 6) is -0.258. The molecule has 0 aliphatic rings. The Hall–Kier alpha value is -1.10. The molecule has 0 aromatic carbocycles. The summed E-state index contributed by atoms with van der Waals surface area (Å²) in [6, 6.07) is 0. The van der Waals surface area contributed by atoms with Crippen LogP contribution in [-0.4, -0.2) is 23.6 Å². The molecule has 1 heterocycles. The molecule has 0 unspecified atom stereocenters. The molecule has 5 heteroatoms. The minimum absolute atomic E-state index is 0.0282. The lowest BCUT2D eigenvalue weighted by Gasteiger charge is -2.23. The molecule has 4 nitrogen and oxygen atoms in total. The summed E-state index contributed by atoms with van der Waals surface area (Å²) in [6.45, 7) is 6.36. The van der Waals surface area contributed by atoms with E-state index in [-0.39, 0.29) is 17.9 Å². The predicted octanol–water partition coefficient (Wildman–Crippen LogP) is 2.46. The first-order valence-corrected chi connectivity index (χ1v) is 6.14. The number of aromatic nitrogens is 1. The Balaban J connectivity index is 2.61. The number of hydrogen-bond acceptors (Lipinski definition) is 5. The second-order valence-corrected chi connectivity index (χ2v) is 5.12. The molecule has 0 aliphatic carbocycles. The van der Waals surface area contributed by atoms with Gasteiger partial charge < -0.3 is 10.1 Å². The van der Waals surface area contributed by atoms with Crippen LogP contribution in [0.4, 0.5) is 5.13 Å². The molecule has 1 aromatic rings. The Bertz CT molecular complexity index is 361. The number of esters is 1. The third kappa shape index (κ3) is 3.81. The van der Waals surface area contributed by atoms with E-state index in [9.17, 15) is 4.79 Å². The van der Waals surface area contributed by atoms with Gasteiger partial charge in [0.2, 0.25) is 0 Å². The highest BCUT2D eigenvalue weighted by atomic mass is 32.1. The van der Waals surface area contributed by atoms with Gasteiger partial charge in [-0.3, -0.25) is 4.79 Å². The fourth-order valence-electron chi connectivity index (χ4n) is 1.04. The molecule has 0 fully saturated rings. The Morgan fingerprint density at radius 3 is 2.88 bits per heavy atom. The fourth-order valence-corrected chi connectivity index (χ4v) is 1.93. The number of carbonyl (C=O) groups is 1. The molecule has 1 aromatic heterocycles. The Labute approximate surface area is 100 Å². The standard InChI is InChI=1S/C11H18N2O2S/c1-5-11(2,3)13-10-12-8(7-16-10)6-9(14)15-4/h7H,5-6H2,1-4H3,(H,12,13). The van der Waals surface area contributed by atoms with Gasteiger partial charge in [0, 0.05) is 10.9 Å². The zero-order valence-corrected chi connectivity index (χ0v) is 11.0. The third-order valence-corrected chi connectivity index (χ3v) is 3.24. The minimum Gasteiger partial charge on any atom is -0.469 e. The molecule has 16 heavy (non-hydrogen) atoms. The van der Waals surface area contributed by atoms with Crippen LogP contribution in [0.5, 0.6) is 0 Å². The maximum absolute atomic E-state index is 11.1. The monoisotopic (exact) mass is 242 g/mol. The summed E-state index contributed by atoms with van der Waals surface area (Å²) in [6.07, 6.45) is 1.25. The Morgan fingerprint density at radius 1 is 1.62 bits per heavy atom. The van der Waals surface area contributed by atoms with Gasteiger partial charge >= 0.3 is 5.97 Å². The van der Waals surface area contributed by atoms with Crippen molar-refractivity contribution in [3.63, 3.8) is 0 Å². The second-order valence-electron chi connectivity index (χ2n) is 4.26. The van der Waals surface area contributed by atoms with Crippen LogP contribution in [0.25, 0.3) is 0 Å². The quantitative estimate of drug-likeness (QED) is 0.806. The normalized spacial score (nSPS) is 11.2. The van der Waals surface area contributed by atoms with Crippen LogP contribution >= 0.6 is 11.3 Å². The van der Waals surface area contributed by atoms with Gasteiger partial charge in [-0.25, -0.2) is 4.98 Å². The first kappa shape index (κ1) is 13.0. The molecule has 1 rings (SSSR count). The average Bonchev–Trinajstić information content (AvgIpc) is 2.64. The van der Waals surface area contributed by atoms with Crippen LogP contribution < -0.4 is 5.32 Å². The van der Waals surface area contributed by atoms with Gasteiger partial charge in [0.1, 0.15) is 0 Å². The minimum atomic E-state index is -0.258. The van der Waals surface area contributed by atoms with Crippen LogP contribution in [-0.2, 0) is 16.0 Å². The van der Waals surface area contributed by atoms with E-state index in [0.717, 1.165) is 17.2 Å². The number of carbonyl (C=O) groups excluding carboxylic acids is 1. The van der Waals surface area contributed by atoms with E-state index in [4.69, 9.17) is 0 Å². The summed E-state index contributed by atoms with van der Waals surface area (Å²) in [7, 11) is 1.38. The van der Waals surface area contributed by atoms with Gasteiger partial charge in [0.15, 0.2) is 5.13 Å². The van der Waals surface area contributed by atoms with Crippen LogP contribution in [0, 0.1) is 0 Å². The van der Waals surface area contributed by atoms with Crippen molar-refractivity contribution in [2.45, 2.75) is 39.2 Å². The first-order valence-electron chi connectivity index (χ1n) is 5.26. The van der Waals surface area contributed by atoms with E-state index in [2.05, 4.69) is 35.8 Å². The number of hydrogen-bond donors (Lipinski definition) is 1. The van der Waals surface area contributed by atoms with E-state index in [1.54, 1.807) is 0 Å². The molecule has 0 amide bonds. The fraction of sp³-hybridized carbons (Fsp3) is 0.636. The van der Waals surface area contributed by atoms with Crippen LogP contribution in [0.3, 0.4) is 0 Å². The van der Waals surface area contributed by atoms with Crippen molar-refractivity contribution in [2.24, 2.45) is 0 Å². The third-order valence-electron chi connectivity index (χ3n) is 2.43. The highest BCUT2D eigenvalue weighted by molar-refractivity contribution is 7.13. The lowest BCUT2D eigenvalue weighted by atomic mass is 10.0. The van der Waals surface area contributed by atoms with Gasteiger partial charge in [-0.15, -0.1) is 11.3 Å². The van der Waals surface area contributed by atoms with Gasteiger partial charge in [0.05, 0.1) is 19.2 Å². The maximum Gasteiger partial charge on any atom is 0.311 e. The summed E-state index contributed by atoms with van der Waals surface area (Å²) >= 11 is 1.51. The number of thiazole rings is 1. The molecular formula is C11H18N2O2S. The van der Waals surface area contributed by atoms with E-state index in [1.165, 1.54) is 18.4 Å². The van der Waals surface area contributed by atoms with Crippen LogP contribution in [0.2, 0.25) is 0 Å². The molecule has 0 bridgehead atoms. The summed E-state index contributed by atoms with van der Waals surface area (Å²) in [4.78, 5) is 15.4. The number of anilines is 1. The number of nitrogens with zero attached hydrogens (tertiary/aromatic N) is 1. The highest BCUT2D eigenvalue weighted by Gasteiger charge is 2.16. The summed E-state index contributed by atoms with van der Waals surface area (Å²) < 4.78 is 4.59. The molecule has 0 aliphatic heterocycles. The van der Waals surface area contributed by atoms with E-state index in [0.29, 0.717) is 0 Å². The van der Waals surface area contributed by atoms with Crippen LogP contribution in [0.15, 0.2) is 5.38 Å². The van der Waals surface area contributed by atoms with E-state index >= 15 is 0 Å². The number of rotatable bonds is 5. The summed E-state index contributed by atoms with van der Waals surface area (Å²) in [5.41, 5.74) is 0.784. The van der Waals surface area contributed by atoms with E-state index < -0.39 is 0 Å². The van der Waals surface area contributed by atoms with Gasteiger partial charge in [-0.1, -0.05) is 6.92 Å². The zero-order valence-electron chi connectivity index (χ0n) is 10.2. The number of nitrogens with one attached hydrogen (secondary N) is 1. The van der Waals surface area contributed by atoms with Crippen molar-refractivity contribution in [2.75, 3.05) is 12.4 Å². The Kier molecular flexibility index (Phi) is 4.29. The molecule has 0 spiro atoms. The van der Waals surface area contributed by atoms with Gasteiger partial charge in [-0.2, -0.15) is 0 Å². The molecule has 90 valence electrons. The molecule has 0 radical (unpaired) electrons. The second kappa shape index (κ2) is 5.30. The topological polar surface area (TPSA) is 51.2 Å². The lowest BCUT2D eigenvalue weighted by Crippen LogP contribution is -2.29. The average molecular weight is 242 g/mol. The van der Waals surface area contributed by atoms with E-state index in [1.807, 2.05) is 5.38 Å². The van der Waals surface area contributed by atoms with Crippen molar-refractivity contribution in [1.82, 2.24) is 4.98 Å².